The Morgan fingerprint density at radius 3 is 1.03 bits per heavy atom. The third-order valence-electron chi connectivity index (χ3n) is 3.70. The molecule has 0 fully saturated rings. The molecule has 32 heavy (non-hydrogen) atoms. The molecule has 0 aliphatic heterocycles. The summed E-state index contributed by atoms with van der Waals surface area (Å²) < 4.78 is 0. The first-order valence-corrected chi connectivity index (χ1v) is 9.10. The molecule has 16 heteroatoms. The van der Waals surface area contributed by atoms with Gasteiger partial charge in [-0.1, -0.05) is 0 Å². The van der Waals surface area contributed by atoms with E-state index in [0.717, 1.165) is 0 Å². The summed E-state index contributed by atoms with van der Waals surface area (Å²) in [5.41, 5.74) is 20.7. The minimum atomic E-state index is -2.38. The highest BCUT2D eigenvalue weighted by atomic mass is 16.4. The molecular weight excluding hydrogens is 436 g/mol. The van der Waals surface area contributed by atoms with Crippen molar-refractivity contribution in [2.75, 3.05) is 32.7 Å². The van der Waals surface area contributed by atoms with Gasteiger partial charge in [0, 0.05) is 26.2 Å². The van der Waals surface area contributed by atoms with E-state index in [1.54, 1.807) is 0 Å². The van der Waals surface area contributed by atoms with Gasteiger partial charge in [-0.05, 0) is 0 Å². The zero-order valence-electron chi connectivity index (χ0n) is 17.5. The van der Waals surface area contributed by atoms with Crippen LogP contribution in [0.2, 0.25) is 0 Å². The highest BCUT2D eigenvalue weighted by Gasteiger charge is 2.53. The van der Waals surface area contributed by atoms with E-state index in [0.29, 0.717) is 26.2 Å². The van der Waals surface area contributed by atoms with Crippen LogP contribution < -0.4 is 34.0 Å². The van der Waals surface area contributed by atoms with Gasteiger partial charge in [-0.15, -0.1) is 0 Å². The van der Waals surface area contributed by atoms with Crippen molar-refractivity contribution >= 4 is 29.8 Å². The Bertz CT molecular complexity index is 576. The third kappa shape index (κ3) is 15.9. The van der Waals surface area contributed by atoms with Gasteiger partial charge in [-0.2, -0.15) is 0 Å². The van der Waals surface area contributed by atoms with Gasteiger partial charge >= 0.3 is 29.8 Å². The average Bonchev–Trinajstić information content (AvgIpc) is 2.64. The van der Waals surface area contributed by atoms with Gasteiger partial charge in [0.1, 0.15) is 0 Å². The lowest BCUT2D eigenvalue weighted by Crippen LogP contribution is -2.71. The monoisotopic (exact) mass is 470 g/mol. The molecule has 0 saturated heterocycles. The van der Waals surface area contributed by atoms with Crippen molar-refractivity contribution < 1.29 is 49.5 Å². The zero-order chi connectivity index (χ0) is 26.0. The van der Waals surface area contributed by atoms with Crippen molar-refractivity contribution in [2.24, 2.45) is 28.7 Å². The molecule has 0 aromatic carbocycles. The minimum absolute atomic E-state index is 0.597. The van der Waals surface area contributed by atoms with E-state index in [9.17, 15) is 24.0 Å². The number of hydrogen-bond acceptors (Lipinski definition) is 11. The lowest BCUT2D eigenvalue weighted by atomic mass is 9.68. The second kappa shape index (κ2) is 17.8. The van der Waals surface area contributed by atoms with E-state index < -0.39 is 73.2 Å². The summed E-state index contributed by atoms with van der Waals surface area (Å²) in [4.78, 5) is 55.1. The maximum Gasteiger partial charge on any atom is 0.317 e. The standard InChI is InChI=1S/C12H18N2O10.2C2H8N2/c13-11(1-6(15)16,2-7(17)18)12(3-8(19)20,4-9(21)22)14-5-10(23)24;2*3-1-2-4/h14H,1-5,13H2,(H,15,16)(H,17,18)(H,19,20)(H,21,22)(H,23,24);2*1-4H2. The Labute approximate surface area is 183 Å². The lowest BCUT2D eigenvalue weighted by molar-refractivity contribution is -0.152. The van der Waals surface area contributed by atoms with Gasteiger partial charge in [0.25, 0.3) is 0 Å². The van der Waals surface area contributed by atoms with Crippen LogP contribution in [0.25, 0.3) is 0 Å². The molecule has 0 unspecified atom stereocenters. The molecule has 16 nitrogen and oxygen atoms in total. The number of rotatable bonds is 14. The first kappa shape index (κ1) is 33.7. The smallest absolute Gasteiger partial charge is 0.317 e. The van der Waals surface area contributed by atoms with E-state index >= 15 is 0 Å². The summed E-state index contributed by atoms with van der Waals surface area (Å²) in [5.74, 6) is -7.92. The molecule has 0 aliphatic carbocycles. The third-order valence-corrected chi connectivity index (χ3v) is 3.70. The van der Waals surface area contributed by atoms with Crippen molar-refractivity contribution in [3.8, 4) is 0 Å². The Hall–Kier alpha value is -2.89. The first-order chi connectivity index (χ1) is 14.7. The lowest BCUT2D eigenvalue weighted by Gasteiger charge is -2.46. The predicted octanol–water partition coefficient (Wildman–Crippen LogP) is -4.20. The maximum absolute atomic E-state index is 11.1. The molecule has 188 valence electrons. The summed E-state index contributed by atoms with van der Waals surface area (Å²) in [6.45, 7) is 1.44. The number of carboxylic acid groups (broad SMARTS) is 5. The fraction of sp³-hybridized carbons (Fsp3) is 0.688. The van der Waals surface area contributed by atoms with Crippen LogP contribution in [0, 0.1) is 0 Å². The van der Waals surface area contributed by atoms with Crippen LogP contribution in [-0.2, 0) is 24.0 Å². The number of aliphatic carboxylic acids is 5. The SMILES string of the molecule is NC(CC(=O)O)(CC(=O)O)C(CC(=O)O)(CC(=O)O)NCC(=O)O.NCCN.NCCN. The normalized spacial score (nSPS) is 10.7. The predicted molar refractivity (Wildman–Crippen MR) is 111 cm³/mol. The van der Waals surface area contributed by atoms with E-state index in [1.807, 2.05) is 0 Å². The van der Waals surface area contributed by atoms with Crippen LogP contribution in [0.4, 0.5) is 0 Å². The molecule has 16 N–H and O–H groups in total. The Balaban J connectivity index is -0.000000896. The summed E-state index contributed by atoms with van der Waals surface area (Å²) >= 11 is 0. The number of carbonyl (C=O) groups is 5. The van der Waals surface area contributed by atoms with Gasteiger partial charge < -0.3 is 54.2 Å². The molecule has 0 bridgehead atoms. The van der Waals surface area contributed by atoms with Crippen LogP contribution in [0.15, 0.2) is 0 Å². The molecule has 0 aromatic rings. The van der Waals surface area contributed by atoms with E-state index in [1.165, 1.54) is 0 Å². The fourth-order valence-corrected chi connectivity index (χ4v) is 2.42. The number of carboxylic acids is 5. The summed E-state index contributed by atoms with van der Waals surface area (Å²) in [7, 11) is 0. The highest BCUT2D eigenvalue weighted by molar-refractivity contribution is 5.79. The van der Waals surface area contributed by atoms with Crippen molar-refractivity contribution in [1.29, 1.82) is 0 Å². The van der Waals surface area contributed by atoms with Crippen molar-refractivity contribution in [2.45, 2.75) is 36.8 Å². The Kier molecular flexibility index (Phi) is 18.7. The molecule has 0 amide bonds. The van der Waals surface area contributed by atoms with Crippen LogP contribution >= 0.6 is 0 Å². The second-order valence-electron chi connectivity index (χ2n) is 6.42. The molecule has 0 radical (unpaired) electrons. The molecule has 0 aromatic heterocycles. The molecule has 0 atom stereocenters. The number of hydrogen-bond donors (Lipinski definition) is 11. The molecule has 0 spiro atoms. The molecule has 0 rings (SSSR count). The minimum Gasteiger partial charge on any atom is -0.481 e. The van der Waals surface area contributed by atoms with Crippen LogP contribution in [0.1, 0.15) is 25.7 Å². The zero-order valence-corrected chi connectivity index (χ0v) is 17.5. The second-order valence-corrected chi connectivity index (χ2v) is 6.42. The molecular formula is C16H34N6O10. The van der Waals surface area contributed by atoms with Crippen LogP contribution in [0.5, 0.6) is 0 Å². The molecule has 0 aliphatic rings. The van der Waals surface area contributed by atoms with E-state index in [-0.39, 0.29) is 0 Å². The number of nitrogens with one attached hydrogen (secondary N) is 1. The summed E-state index contributed by atoms with van der Waals surface area (Å²) in [5, 5.41) is 46.9. The van der Waals surface area contributed by atoms with Gasteiger partial charge in [-0.3, -0.25) is 29.3 Å². The van der Waals surface area contributed by atoms with Gasteiger partial charge in [-0.25, -0.2) is 0 Å². The van der Waals surface area contributed by atoms with Crippen molar-refractivity contribution in [3.63, 3.8) is 0 Å². The Morgan fingerprint density at radius 2 is 0.844 bits per heavy atom. The van der Waals surface area contributed by atoms with E-state index in [4.69, 9.17) is 54.2 Å². The molecule has 0 heterocycles. The molecule has 0 saturated carbocycles. The largest absolute Gasteiger partial charge is 0.481 e. The topological polar surface area (TPSA) is 329 Å². The van der Waals surface area contributed by atoms with Gasteiger partial charge in [0.2, 0.25) is 0 Å². The van der Waals surface area contributed by atoms with Crippen LogP contribution in [0.3, 0.4) is 0 Å². The van der Waals surface area contributed by atoms with E-state index in [2.05, 4.69) is 5.32 Å². The van der Waals surface area contributed by atoms with Crippen molar-refractivity contribution in [3.05, 3.63) is 0 Å². The number of nitrogens with two attached hydrogens (primary N) is 5. The van der Waals surface area contributed by atoms with Gasteiger partial charge in [0.05, 0.1) is 43.3 Å². The van der Waals surface area contributed by atoms with Crippen LogP contribution in [-0.4, -0.2) is 99.2 Å². The summed E-state index contributed by atoms with van der Waals surface area (Å²) in [6.07, 6.45) is -4.37. The fourth-order valence-electron chi connectivity index (χ4n) is 2.42. The first-order valence-electron chi connectivity index (χ1n) is 9.10. The highest BCUT2D eigenvalue weighted by Crippen LogP contribution is 2.34. The quantitative estimate of drug-likeness (QED) is 0.114. The summed E-state index contributed by atoms with van der Waals surface area (Å²) in [6, 6.07) is 0. The maximum atomic E-state index is 11.1. The average molecular weight is 470 g/mol. The van der Waals surface area contributed by atoms with Crippen molar-refractivity contribution in [1.82, 2.24) is 5.32 Å². The Morgan fingerprint density at radius 1 is 0.562 bits per heavy atom. The van der Waals surface area contributed by atoms with Gasteiger partial charge in [0.15, 0.2) is 0 Å².